The summed E-state index contributed by atoms with van der Waals surface area (Å²) in [6, 6.07) is 8.96. The van der Waals surface area contributed by atoms with E-state index < -0.39 is 0 Å². The Bertz CT molecular complexity index is 383. The zero-order valence-electron chi connectivity index (χ0n) is 13.6. The van der Waals surface area contributed by atoms with Crippen molar-refractivity contribution in [1.29, 1.82) is 0 Å². The summed E-state index contributed by atoms with van der Waals surface area (Å²) in [5.74, 6) is 0.831. The smallest absolute Gasteiger partial charge is 0.0642 e. The van der Waals surface area contributed by atoms with Gasteiger partial charge < -0.3 is 15.0 Å². The van der Waals surface area contributed by atoms with Gasteiger partial charge in [-0.1, -0.05) is 38.8 Å². The van der Waals surface area contributed by atoms with Crippen molar-refractivity contribution in [2.24, 2.45) is 5.92 Å². The number of morpholine rings is 1. The van der Waals surface area contributed by atoms with Crippen molar-refractivity contribution in [3.8, 4) is 0 Å². The molecule has 0 spiro atoms. The highest BCUT2D eigenvalue weighted by atomic mass is 16.5. The second kappa shape index (κ2) is 9.06. The molecule has 118 valence electrons. The topological polar surface area (TPSA) is 24.5 Å². The predicted molar refractivity (Wildman–Crippen MR) is 89.9 cm³/mol. The molecule has 0 unspecified atom stereocenters. The summed E-state index contributed by atoms with van der Waals surface area (Å²) in [7, 11) is 0. The second-order valence-electron chi connectivity index (χ2n) is 6.33. The van der Waals surface area contributed by atoms with Crippen LogP contribution in [0.4, 0.5) is 5.69 Å². The fourth-order valence-corrected chi connectivity index (χ4v) is 2.68. The summed E-state index contributed by atoms with van der Waals surface area (Å²) >= 11 is 0. The lowest BCUT2D eigenvalue weighted by Gasteiger charge is -2.28. The largest absolute Gasteiger partial charge is 0.378 e. The molecule has 2 rings (SSSR count). The van der Waals surface area contributed by atoms with Crippen LogP contribution in [-0.2, 0) is 11.3 Å². The molecule has 0 bridgehead atoms. The van der Waals surface area contributed by atoms with Gasteiger partial charge in [-0.3, -0.25) is 0 Å². The molecular weight excluding hydrogens is 260 g/mol. The summed E-state index contributed by atoms with van der Waals surface area (Å²) < 4.78 is 5.39. The van der Waals surface area contributed by atoms with E-state index in [4.69, 9.17) is 4.74 Å². The standard InChI is InChI=1S/C18H30N2O/c1-16(2)5-3-4-10-19-15-17-6-8-18(9-7-17)20-11-13-21-14-12-20/h6-9,16,19H,3-5,10-15H2,1-2H3. The number of rotatable bonds is 8. The van der Waals surface area contributed by atoms with E-state index in [-0.39, 0.29) is 0 Å². The molecule has 0 saturated carbocycles. The fraction of sp³-hybridized carbons (Fsp3) is 0.667. The van der Waals surface area contributed by atoms with Crippen molar-refractivity contribution in [2.75, 3.05) is 37.7 Å². The van der Waals surface area contributed by atoms with Crippen LogP contribution in [0.1, 0.15) is 38.7 Å². The summed E-state index contributed by atoms with van der Waals surface area (Å²) in [6.45, 7) is 10.4. The highest BCUT2D eigenvalue weighted by Crippen LogP contribution is 2.16. The van der Waals surface area contributed by atoms with Crippen LogP contribution in [0.25, 0.3) is 0 Å². The molecule has 0 aromatic heterocycles. The molecule has 1 aliphatic rings. The van der Waals surface area contributed by atoms with Gasteiger partial charge in [-0.05, 0) is 36.6 Å². The zero-order valence-corrected chi connectivity index (χ0v) is 13.6. The van der Waals surface area contributed by atoms with Crippen LogP contribution < -0.4 is 10.2 Å². The van der Waals surface area contributed by atoms with Crippen LogP contribution in [0.15, 0.2) is 24.3 Å². The van der Waals surface area contributed by atoms with Gasteiger partial charge in [0.25, 0.3) is 0 Å². The highest BCUT2D eigenvalue weighted by molar-refractivity contribution is 5.47. The van der Waals surface area contributed by atoms with Gasteiger partial charge in [0.2, 0.25) is 0 Å². The van der Waals surface area contributed by atoms with Crippen LogP contribution in [-0.4, -0.2) is 32.8 Å². The van der Waals surface area contributed by atoms with E-state index in [0.29, 0.717) is 0 Å². The third-order valence-electron chi connectivity index (χ3n) is 4.03. The van der Waals surface area contributed by atoms with Gasteiger partial charge in [0.15, 0.2) is 0 Å². The van der Waals surface area contributed by atoms with E-state index in [1.807, 2.05) is 0 Å². The Balaban J connectivity index is 1.65. The average Bonchev–Trinajstić information content (AvgIpc) is 2.52. The average molecular weight is 290 g/mol. The lowest BCUT2D eigenvalue weighted by Crippen LogP contribution is -2.36. The van der Waals surface area contributed by atoms with Gasteiger partial charge in [-0.25, -0.2) is 0 Å². The Morgan fingerprint density at radius 3 is 2.48 bits per heavy atom. The predicted octanol–water partition coefficient (Wildman–Crippen LogP) is 3.44. The minimum absolute atomic E-state index is 0.831. The SMILES string of the molecule is CC(C)CCCCNCc1ccc(N2CCOCC2)cc1. The maximum Gasteiger partial charge on any atom is 0.0642 e. The Morgan fingerprint density at radius 1 is 1.10 bits per heavy atom. The molecule has 0 radical (unpaired) electrons. The first-order valence-corrected chi connectivity index (χ1v) is 8.38. The Labute approximate surface area is 129 Å². The van der Waals surface area contributed by atoms with E-state index in [1.54, 1.807) is 0 Å². The number of anilines is 1. The fourth-order valence-electron chi connectivity index (χ4n) is 2.68. The quantitative estimate of drug-likeness (QED) is 0.742. The molecule has 21 heavy (non-hydrogen) atoms. The van der Waals surface area contributed by atoms with Crippen LogP contribution >= 0.6 is 0 Å². The minimum Gasteiger partial charge on any atom is -0.378 e. The zero-order chi connectivity index (χ0) is 14.9. The van der Waals surface area contributed by atoms with Gasteiger partial charge >= 0.3 is 0 Å². The van der Waals surface area contributed by atoms with E-state index in [1.165, 1.54) is 30.5 Å². The number of ether oxygens (including phenoxy) is 1. The van der Waals surface area contributed by atoms with Crippen molar-refractivity contribution < 1.29 is 4.74 Å². The molecule has 1 aromatic carbocycles. The van der Waals surface area contributed by atoms with Crippen LogP contribution in [0.2, 0.25) is 0 Å². The molecule has 1 heterocycles. The molecular formula is C18H30N2O. The van der Waals surface area contributed by atoms with Crippen molar-refractivity contribution in [1.82, 2.24) is 5.32 Å². The second-order valence-corrected chi connectivity index (χ2v) is 6.33. The molecule has 1 saturated heterocycles. The first-order valence-electron chi connectivity index (χ1n) is 8.38. The van der Waals surface area contributed by atoms with Crippen LogP contribution in [0.3, 0.4) is 0 Å². The van der Waals surface area contributed by atoms with Crippen LogP contribution in [0, 0.1) is 5.92 Å². The Kier molecular flexibility index (Phi) is 7.04. The van der Waals surface area contributed by atoms with Gasteiger partial charge in [0.1, 0.15) is 0 Å². The Morgan fingerprint density at radius 2 is 1.81 bits per heavy atom. The first kappa shape index (κ1) is 16.3. The minimum atomic E-state index is 0.831. The normalized spacial score (nSPS) is 15.7. The molecule has 1 aliphatic heterocycles. The first-order chi connectivity index (χ1) is 10.3. The number of nitrogens with zero attached hydrogens (tertiary/aromatic N) is 1. The summed E-state index contributed by atoms with van der Waals surface area (Å²) in [6.07, 6.45) is 3.96. The molecule has 1 N–H and O–H groups in total. The number of hydrogen-bond donors (Lipinski definition) is 1. The molecule has 3 heteroatoms. The lowest BCUT2D eigenvalue weighted by atomic mass is 10.1. The maximum absolute atomic E-state index is 5.39. The Hall–Kier alpha value is -1.06. The number of benzene rings is 1. The molecule has 0 atom stereocenters. The van der Waals surface area contributed by atoms with Crippen molar-refractivity contribution in [3.63, 3.8) is 0 Å². The molecule has 1 aromatic rings. The highest BCUT2D eigenvalue weighted by Gasteiger charge is 2.10. The number of nitrogens with one attached hydrogen (secondary N) is 1. The van der Waals surface area contributed by atoms with Crippen molar-refractivity contribution >= 4 is 5.69 Å². The van der Waals surface area contributed by atoms with E-state index in [9.17, 15) is 0 Å². The van der Waals surface area contributed by atoms with E-state index in [0.717, 1.165) is 45.3 Å². The molecule has 1 fully saturated rings. The van der Waals surface area contributed by atoms with Gasteiger partial charge in [-0.15, -0.1) is 0 Å². The van der Waals surface area contributed by atoms with E-state index >= 15 is 0 Å². The maximum atomic E-state index is 5.39. The van der Waals surface area contributed by atoms with Crippen LogP contribution in [0.5, 0.6) is 0 Å². The van der Waals surface area contributed by atoms with Crippen molar-refractivity contribution in [2.45, 2.75) is 39.7 Å². The van der Waals surface area contributed by atoms with Gasteiger partial charge in [0.05, 0.1) is 13.2 Å². The number of unbranched alkanes of at least 4 members (excludes halogenated alkanes) is 1. The van der Waals surface area contributed by atoms with E-state index in [2.05, 4.69) is 48.3 Å². The van der Waals surface area contributed by atoms with Crippen molar-refractivity contribution in [3.05, 3.63) is 29.8 Å². The molecule has 3 nitrogen and oxygen atoms in total. The lowest BCUT2D eigenvalue weighted by molar-refractivity contribution is 0.122. The summed E-state index contributed by atoms with van der Waals surface area (Å²) in [5.41, 5.74) is 2.69. The van der Waals surface area contributed by atoms with Gasteiger partial charge in [-0.2, -0.15) is 0 Å². The molecule has 0 amide bonds. The summed E-state index contributed by atoms with van der Waals surface area (Å²) in [5, 5.41) is 3.54. The number of hydrogen-bond acceptors (Lipinski definition) is 3. The monoisotopic (exact) mass is 290 g/mol. The summed E-state index contributed by atoms with van der Waals surface area (Å²) in [4.78, 5) is 2.40. The van der Waals surface area contributed by atoms with Gasteiger partial charge in [0, 0.05) is 25.3 Å². The molecule has 0 aliphatic carbocycles. The third kappa shape index (κ3) is 6.06. The third-order valence-corrected chi connectivity index (χ3v) is 4.03.